The van der Waals surface area contributed by atoms with Crippen LogP contribution in [0.15, 0.2) is 42.5 Å². The Bertz CT molecular complexity index is 862. The van der Waals surface area contributed by atoms with E-state index in [-0.39, 0.29) is 18.4 Å². The molecular formula is C19H19N3O4. The van der Waals surface area contributed by atoms with Crippen LogP contribution in [0.2, 0.25) is 0 Å². The predicted molar refractivity (Wildman–Crippen MR) is 97.3 cm³/mol. The lowest BCUT2D eigenvalue weighted by molar-refractivity contribution is -0.120. The zero-order valence-corrected chi connectivity index (χ0v) is 14.3. The average Bonchev–Trinajstić information content (AvgIpc) is 3.04. The molecule has 7 heteroatoms. The van der Waals surface area contributed by atoms with E-state index in [1.165, 1.54) is 6.92 Å². The van der Waals surface area contributed by atoms with Gasteiger partial charge in [0.1, 0.15) is 5.75 Å². The number of benzene rings is 2. The van der Waals surface area contributed by atoms with E-state index < -0.39 is 5.91 Å². The lowest BCUT2D eigenvalue weighted by atomic mass is 10.1. The first-order valence-electron chi connectivity index (χ1n) is 8.17. The Hall–Kier alpha value is -3.35. The zero-order valence-electron chi connectivity index (χ0n) is 14.3. The van der Waals surface area contributed by atoms with Crippen molar-refractivity contribution >= 4 is 29.1 Å². The highest BCUT2D eigenvalue weighted by molar-refractivity contribution is 6.05. The van der Waals surface area contributed by atoms with E-state index >= 15 is 0 Å². The quantitative estimate of drug-likeness (QED) is 0.854. The Kier molecular flexibility index (Phi) is 4.88. The lowest BCUT2D eigenvalue weighted by Crippen LogP contribution is -2.25. The molecule has 3 amide bonds. The standard InChI is InChI=1S/C19H19N3O4/c1-12(23)22-9-8-13-10-14(2-7-17(13)22)19(25)21-15-3-5-16(6-4-15)26-11-18(20)24/h2-7,10H,8-9,11H2,1H3,(H2,20,24)(H,21,25). The first-order valence-corrected chi connectivity index (χ1v) is 8.17. The third-order valence-corrected chi connectivity index (χ3v) is 4.11. The van der Waals surface area contributed by atoms with Crippen LogP contribution in [0.25, 0.3) is 0 Å². The fourth-order valence-corrected chi connectivity index (χ4v) is 2.86. The molecule has 1 heterocycles. The van der Waals surface area contributed by atoms with Crippen LogP contribution in [0, 0.1) is 0 Å². The summed E-state index contributed by atoms with van der Waals surface area (Å²) in [7, 11) is 0. The Morgan fingerprint density at radius 2 is 1.88 bits per heavy atom. The van der Waals surface area contributed by atoms with Crippen LogP contribution in [-0.4, -0.2) is 30.9 Å². The van der Waals surface area contributed by atoms with Gasteiger partial charge in [0, 0.05) is 30.4 Å². The van der Waals surface area contributed by atoms with Crippen LogP contribution in [0.1, 0.15) is 22.8 Å². The molecule has 7 nitrogen and oxygen atoms in total. The molecule has 0 spiro atoms. The summed E-state index contributed by atoms with van der Waals surface area (Å²) in [6, 6.07) is 12.0. The number of rotatable bonds is 5. The summed E-state index contributed by atoms with van der Waals surface area (Å²) in [4.78, 5) is 36.4. The highest BCUT2D eigenvalue weighted by Gasteiger charge is 2.23. The van der Waals surface area contributed by atoms with Crippen molar-refractivity contribution in [1.82, 2.24) is 0 Å². The number of fused-ring (bicyclic) bond motifs is 1. The van der Waals surface area contributed by atoms with Crippen molar-refractivity contribution < 1.29 is 19.1 Å². The summed E-state index contributed by atoms with van der Waals surface area (Å²) in [5.41, 5.74) is 8.01. The largest absolute Gasteiger partial charge is 0.484 e. The van der Waals surface area contributed by atoms with Crippen molar-refractivity contribution in [3.8, 4) is 5.75 Å². The summed E-state index contributed by atoms with van der Waals surface area (Å²) in [5, 5.41) is 2.81. The molecule has 26 heavy (non-hydrogen) atoms. The molecule has 0 fully saturated rings. The topological polar surface area (TPSA) is 102 Å². The van der Waals surface area contributed by atoms with Gasteiger partial charge in [0.05, 0.1) is 0 Å². The third-order valence-electron chi connectivity index (χ3n) is 4.11. The fraction of sp³-hybridized carbons (Fsp3) is 0.211. The number of nitrogens with two attached hydrogens (primary N) is 1. The average molecular weight is 353 g/mol. The van der Waals surface area contributed by atoms with Crippen LogP contribution in [0.4, 0.5) is 11.4 Å². The molecule has 0 aliphatic carbocycles. The minimum absolute atomic E-state index is 0.000374. The van der Waals surface area contributed by atoms with Crippen LogP contribution in [0.3, 0.4) is 0 Å². The van der Waals surface area contributed by atoms with Crippen LogP contribution in [-0.2, 0) is 16.0 Å². The number of carbonyl (C=O) groups excluding carboxylic acids is 3. The summed E-state index contributed by atoms with van der Waals surface area (Å²) >= 11 is 0. The normalized spacial score (nSPS) is 12.4. The second-order valence-corrected chi connectivity index (χ2v) is 6.00. The number of amides is 3. The van der Waals surface area contributed by atoms with E-state index in [9.17, 15) is 14.4 Å². The smallest absolute Gasteiger partial charge is 0.255 e. The maximum Gasteiger partial charge on any atom is 0.255 e. The van der Waals surface area contributed by atoms with Gasteiger partial charge in [0.25, 0.3) is 11.8 Å². The summed E-state index contributed by atoms with van der Waals surface area (Å²) in [6.07, 6.45) is 0.738. The van der Waals surface area contributed by atoms with Gasteiger partial charge >= 0.3 is 0 Å². The molecule has 2 aromatic carbocycles. The highest BCUT2D eigenvalue weighted by atomic mass is 16.5. The third kappa shape index (κ3) is 3.83. The first kappa shape index (κ1) is 17.5. The van der Waals surface area contributed by atoms with Gasteiger partial charge in [-0.05, 0) is 54.4 Å². The number of carbonyl (C=O) groups is 3. The van der Waals surface area contributed by atoms with Crippen molar-refractivity contribution in [3.05, 3.63) is 53.6 Å². The van der Waals surface area contributed by atoms with Crippen LogP contribution in [0.5, 0.6) is 5.75 Å². The number of ether oxygens (including phenoxy) is 1. The molecule has 0 atom stereocenters. The van der Waals surface area contributed by atoms with E-state index in [0.29, 0.717) is 23.5 Å². The minimum atomic E-state index is -0.553. The second-order valence-electron chi connectivity index (χ2n) is 6.00. The van der Waals surface area contributed by atoms with Crippen molar-refractivity contribution in [2.75, 3.05) is 23.4 Å². The predicted octanol–water partition coefficient (Wildman–Crippen LogP) is 1.71. The van der Waals surface area contributed by atoms with Gasteiger partial charge in [0.15, 0.2) is 6.61 Å². The molecule has 1 aliphatic rings. The molecule has 2 aromatic rings. The van der Waals surface area contributed by atoms with Crippen molar-refractivity contribution in [3.63, 3.8) is 0 Å². The monoisotopic (exact) mass is 353 g/mol. The Labute approximate surface area is 150 Å². The molecule has 3 rings (SSSR count). The van der Waals surface area contributed by atoms with E-state index in [1.54, 1.807) is 41.3 Å². The second kappa shape index (κ2) is 7.26. The Morgan fingerprint density at radius 3 is 2.54 bits per heavy atom. The van der Waals surface area contributed by atoms with Crippen LogP contribution < -0.4 is 20.7 Å². The number of nitrogens with zero attached hydrogens (tertiary/aromatic N) is 1. The Balaban J connectivity index is 1.67. The van der Waals surface area contributed by atoms with Gasteiger partial charge in [-0.1, -0.05) is 0 Å². The first-order chi connectivity index (χ1) is 12.4. The van der Waals surface area contributed by atoms with E-state index in [4.69, 9.17) is 10.5 Å². The van der Waals surface area contributed by atoms with Gasteiger partial charge in [-0.2, -0.15) is 0 Å². The molecule has 0 aromatic heterocycles. The molecule has 0 bridgehead atoms. The van der Waals surface area contributed by atoms with E-state index in [2.05, 4.69) is 5.32 Å². The number of primary amides is 1. The van der Waals surface area contributed by atoms with Gasteiger partial charge in [-0.25, -0.2) is 0 Å². The lowest BCUT2D eigenvalue weighted by Gasteiger charge is -2.14. The number of hydrogen-bond acceptors (Lipinski definition) is 4. The molecule has 0 saturated carbocycles. The molecule has 0 unspecified atom stereocenters. The zero-order chi connectivity index (χ0) is 18.7. The fourth-order valence-electron chi connectivity index (χ4n) is 2.86. The summed E-state index contributed by atoms with van der Waals surface area (Å²) < 4.78 is 5.17. The number of nitrogens with one attached hydrogen (secondary N) is 1. The molecule has 134 valence electrons. The van der Waals surface area contributed by atoms with Crippen molar-refractivity contribution in [1.29, 1.82) is 0 Å². The van der Waals surface area contributed by atoms with Gasteiger partial charge in [-0.3, -0.25) is 14.4 Å². The number of hydrogen-bond donors (Lipinski definition) is 2. The maximum absolute atomic E-state index is 12.4. The molecule has 0 radical (unpaired) electrons. The van der Waals surface area contributed by atoms with Gasteiger partial charge in [0.2, 0.25) is 5.91 Å². The highest BCUT2D eigenvalue weighted by Crippen LogP contribution is 2.29. The summed E-state index contributed by atoms with van der Waals surface area (Å²) in [6.45, 7) is 1.98. The molecule has 1 aliphatic heterocycles. The van der Waals surface area contributed by atoms with Crippen LogP contribution >= 0.6 is 0 Å². The maximum atomic E-state index is 12.4. The SMILES string of the molecule is CC(=O)N1CCc2cc(C(=O)Nc3ccc(OCC(N)=O)cc3)ccc21. The van der Waals surface area contributed by atoms with E-state index in [1.807, 2.05) is 6.07 Å². The summed E-state index contributed by atoms with van der Waals surface area (Å²) in [5.74, 6) is -0.301. The number of anilines is 2. The molecular weight excluding hydrogens is 334 g/mol. The van der Waals surface area contributed by atoms with Gasteiger partial charge in [-0.15, -0.1) is 0 Å². The van der Waals surface area contributed by atoms with Crippen molar-refractivity contribution in [2.45, 2.75) is 13.3 Å². The minimum Gasteiger partial charge on any atom is -0.484 e. The van der Waals surface area contributed by atoms with E-state index in [0.717, 1.165) is 17.7 Å². The Morgan fingerprint density at radius 1 is 1.15 bits per heavy atom. The van der Waals surface area contributed by atoms with Gasteiger partial charge < -0.3 is 20.7 Å². The molecule has 0 saturated heterocycles. The molecule has 3 N–H and O–H groups in total. The van der Waals surface area contributed by atoms with Crippen molar-refractivity contribution in [2.24, 2.45) is 5.73 Å².